The first-order valence-electron chi connectivity index (χ1n) is 5.92. The van der Waals surface area contributed by atoms with Gasteiger partial charge in [-0.3, -0.25) is 0 Å². The average molecular weight is 159 g/mol. The van der Waals surface area contributed by atoms with Crippen LogP contribution < -0.4 is 5.72 Å². The molecule has 0 aromatic carbocycles. The van der Waals surface area contributed by atoms with Gasteiger partial charge in [0, 0.05) is 0 Å². The fourth-order valence-electron chi connectivity index (χ4n) is 1.25. The van der Waals surface area contributed by atoms with E-state index in [0.717, 1.165) is 12.1 Å². The van der Waals surface area contributed by atoms with Gasteiger partial charge in [0.25, 0.3) is 0 Å². The van der Waals surface area contributed by atoms with Crippen molar-refractivity contribution in [2.75, 3.05) is 6.54 Å². The highest BCUT2D eigenvalue weighted by atomic mass is 14.5. The Balaban J connectivity index is 2.84. The predicted octanol–water partition coefficient (Wildman–Crippen LogP) is 3.09. The molecule has 0 aromatic rings. The highest BCUT2D eigenvalue weighted by molar-refractivity contribution is 4.45. The maximum Gasteiger partial charge on any atom is 0.118 e. The summed E-state index contributed by atoms with van der Waals surface area (Å²) in [6.45, 7) is 2.83. The lowest BCUT2D eigenvalue weighted by molar-refractivity contribution is 0.578. The lowest BCUT2D eigenvalue weighted by Crippen LogP contribution is -1.97. The molecule has 2 N–H and O–H groups in total. The van der Waals surface area contributed by atoms with E-state index in [0.29, 0.717) is 6.54 Å². The zero-order valence-corrected chi connectivity index (χ0v) is 7.81. The van der Waals surface area contributed by atoms with E-state index < -0.39 is 0 Å². The van der Waals surface area contributed by atoms with Crippen LogP contribution in [0.3, 0.4) is 0 Å². The minimum Gasteiger partial charge on any atom is -0.330 e. The number of rotatable bonds is 9. The van der Waals surface area contributed by atoms with Crippen molar-refractivity contribution in [2.24, 2.45) is 5.72 Å². The number of hydrogen-bond acceptors (Lipinski definition) is 1. The van der Waals surface area contributed by atoms with Gasteiger partial charge in [0.15, 0.2) is 0 Å². The Bertz CT molecular complexity index is 96.9. The SMILES string of the molecule is [2H]N([2H])CCCCCCCCCC. The summed E-state index contributed by atoms with van der Waals surface area (Å²) in [5.41, 5.74) is 0.775. The first-order valence-corrected chi connectivity index (χ1v) is 5.02. The van der Waals surface area contributed by atoms with E-state index in [1.165, 1.54) is 44.9 Å². The van der Waals surface area contributed by atoms with Gasteiger partial charge in [-0.25, -0.2) is 0 Å². The van der Waals surface area contributed by atoms with Crippen LogP contribution in [0.1, 0.15) is 58.3 Å². The molecule has 0 atom stereocenters. The van der Waals surface area contributed by atoms with Gasteiger partial charge in [0.05, 0.1) is 0 Å². The van der Waals surface area contributed by atoms with Crippen molar-refractivity contribution in [2.45, 2.75) is 58.3 Å². The monoisotopic (exact) mass is 159 g/mol. The van der Waals surface area contributed by atoms with Crippen LogP contribution in [0.15, 0.2) is 0 Å². The van der Waals surface area contributed by atoms with Crippen molar-refractivity contribution in [1.82, 2.24) is 0 Å². The maximum absolute atomic E-state index is 6.85. The molecular formula is C10H23N. The summed E-state index contributed by atoms with van der Waals surface area (Å²) in [4.78, 5) is 0. The second-order valence-corrected chi connectivity index (χ2v) is 3.20. The lowest BCUT2D eigenvalue weighted by Gasteiger charge is -1.99. The number of unbranched alkanes of at least 4 members (excludes halogenated alkanes) is 7. The van der Waals surface area contributed by atoms with E-state index in [9.17, 15) is 0 Å². The molecule has 1 nitrogen and oxygen atoms in total. The largest absolute Gasteiger partial charge is 0.330 e. The Labute approximate surface area is 74.3 Å². The third kappa shape index (κ3) is 9.96. The van der Waals surface area contributed by atoms with Crippen LogP contribution in [0, 0.1) is 0 Å². The minimum atomic E-state index is 0.592. The molecule has 0 aliphatic carbocycles. The normalized spacial score (nSPS) is 13.3. The second-order valence-electron chi connectivity index (χ2n) is 3.20. The van der Waals surface area contributed by atoms with Crippen molar-refractivity contribution >= 4 is 0 Å². The first kappa shape index (κ1) is 7.60. The summed E-state index contributed by atoms with van der Waals surface area (Å²) in [5.74, 6) is 0. The van der Waals surface area contributed by atoms with Crippen LogP contribution in [-0.4, -0.2) is 6.54 Å². The Kier molecular flexibility index (Phi) is 6.88. The molecule has 11 heavy (non-hydrogen) atoms. The fraction of sp³-hybridized carbons (Fsp3) is 1.00. The molecule has 0 fully saturated rings. The molecule has 0 rings (SSSR count). The molecule has 1 heteroatoms. The molecule has 68 valence electrons. The minimum absolute atomic E-state index is 0.592. The van der Waals surface area contributed by atoms with Gasteiger partial charge in [-0.1, -0.05) is 51.9 Å². The summed E-state index contributed by atoms with van der Waals surface area (Å²) in [6, 6.07) is 0. The van der Waals surface area contributed by atoms with Crippen LogP contribution in [0.5, 0.6) is 0 Å². The lowest BCUT2D eigenvalue weighted by atomic mass is 10.1. The summed E-state index contributed by atoms with van der Waals surface area (Å²) in [5, 5.41) is 0. The predicted molar refractivity (Wildman–Crippen MR) is 51.7 cm³/mol. The quantitative estimate of drug-likeness (QED) is 0.514. The molecule has 0 amide bonds. The van der Waals surface area contributed by atoms with E-state index in [2.05, 4.69) is 6.92 Å². The van der Waals surface area contributed by atoms with Gasteiger partial charge in [0.1, 0.15) is 2.82 Å². The first-order chi connectivity index (χ1) is 6.27. The van der Waals surface area contributed by atoms with E-state index in [-0.39, 0.29) is 0 Å². The molecule has 0 bridgehead atoms. The van der Waals surface area contributed by atoms with Crippen LogP contribution in [-0.2, 0) is 0 Å². The number of hydrogen-bond donors (Lipinski definition) is 1. The van der Waals surface area contributed by atoms with Crippen molar-refractivity contribution in [3.63, 3.8) is 0 Å². The van der Waals surface area contributed by atoms with Crippen molar-refractivity contribution in [3.8, 4) is 0 Å². The third-order valence-electron chi connectivity index (χ3n) is 2.01. The molecule has 0 radical (unpaired) electrons. The molecule has 0 aliphatic rings. The maximum atomic E-state index is 6.85. The molecule has 0 saturated carbocycles. The summed E-state index contributed by atoms with van der Waals surface area (Å²) < 4.78 is 13.7. The highest BCUT2D eigenvalue weighted by Crippen LogP contribution is 2.07. The molecule has 0 saturated heterocycles. The van der Waals surface area contributed by atoms with Gasteiger partial charge >= 0.3 is 0 Å². The Morgan fingerprint density at radius 2 is 1.45 bits per heavy atom. The van der Waals surface area contributed by atoms with Crippen LogP contribution in [0.2, 0.25) is 2.82 Å². The molecule has 0 aliphatic heterocycles. The van der Waals surface area contributed by atoms with Crippen LogP contribution in [0.4, 0.5) is 0 Å². The Morgan fingerprint density at radius 3 is 2.00 bits per heavy atom. The average Bonchev–Trinajstić information content (AvgIpc) is 2.09. The van der Waals surface area contributed by atoms with Gasteiger partial charge < -0.3 is 5.72 Å². The Hall–Kier alpha value is -0.0400. The van der Waals surface area contributed by atoms with Gasteiger partial charge in [-0.15, -0.1) is 0 Å². The van der Waals surface area contributed by atoms with Crippen molar-refractivity contribution < 1.29 is 2.82 Å². The molecule has 0 unspecified atom stereocenters. The highest BCUT2D eigenvalue weighted by Gasteiger charge is 1.89. The molecular weight excluding hydrogens is 134 g/mol. The smallest absolute Gasteiger partial charge is 0.118 e. The standard InChI is InChI=1S/C10H23N/c1-2-3-4-5-6-7-8-9-10-11/h2-11H2,1H3/i/hD2. The van der Waals surface area contributed by atoms with Crippen LogP contribution >= 0.6 is 0 Å². The summed E-state index contributed by atoms with van der Waals surface area (Å²) in [6.07, 6.45) is 10.2. The van der Waals surface area contributed by atoms with E-state index in [1.54, 1.807) is 0 Å². The molecule has 0 spiro atoms. The number of nitrogens with two attached hydrogens (primary N) is 1. The van der Waals surface area contributed by atoms with Crippen LogP contribution in [0.25, 0.3) is 0 Å². The molecule has 0 aromatic heterocycles. The van der Waals surface area contributed by atoms with Gasteiger partial charge in [-0.05, 0) is 13.0 Å². The van der Waals surface area contributed by atoms with E-state index in [4.69, 9.17) is 2.82 Å². The van der Waals surface area contributed by atoms with E-state index >= 15 is 0 Å². The Morgan fingerprint density at radius 1 is 0.909 bits per heavy atom. The van der Waals surface area contributed by atoms with Gasteiger partial charge in [-0.2, -0.15) is 0 Å². The van der Waals surface area contributed by atoms with Crippen molar-refractivity contribution in [1.29, 1.82) is 0 Å². The third-order valence-corrected chi connectivity index (χ3v) is 2.01. The summed E-state index contributed by atoms with van der Waals surface area (Å²) >= 11 is 0. The van der Waals surface area contributed by atoms with Gasteiger partial charge in [0.2, 0.25) is 0 Å². The van der Waals surface area contributed by atoms with E-state index in [1.807, 2.05) is 0 Å². The molecule has 0 heterocycles. The summed E-state index contributed by atoms with van der Waals surface area (Å²) in [7, 11) is 0. The van der Waals surface area contributed by atoms with Crippen molar-refractivity contribution in [3.05, 3.63) is 0 Å². The zero-order chi connectivity index (χ0) is 9.94. The fourth-order valence-corrected chi connectivity index (χ4v) is 1.25. The topological polar surface area (TPSA) is 26.0 Å². The second kappa shape index (κ2) is 9.96. The zero-order valence-electron chi connectivity index (χ0n) is 9.81.